The Morgan fingerprint density at radius 2 is 1.47 bits per heavy atom. The molecule has 0 unspecified atom stereocenters. The van der Waals surface area contributed by atoms with Gasteiger partial charge in [-0.3, -0.25) is 0 Å². The van der Waals surface area contributed by atoms with Crippen LogP contribution in [0.25, 0.3) is 10.8 Å². The number of anilines is 4. The minimum Gasteiger partial charge on any atom is -0.497 e. The standard InChI is InChI=1S/C43H50N4O11S/c1-8-56-40(48)27-55-18-17-54-19-20-57-32-24-29(23-31(25-32)52-5)45-39-26-30(15-16-44-39)58-37-14-13-35(33-11-9-10-12-34(33)37)46-42(49)47-36-21-28(43(2,3)4)22-38(41(36)53-6)59(7,50)51/h9-16,21-26H,8,17-20,27H2,1-7H3,(H,44,45)(H2,46,47,49). The molecule has 1 aromatic heterocycles. The number of hydrogen-bond donors (Lipinski definition) is 3. The molecule has 0 radical (unpaired) electrons. The van der Waals surface area contributed by atoms with Crippen LogP contribution in [0.15, 0.2) is 90.0 Å². The second kappa shape index (κ2) is 20.0. The van der Waals surface area contributed by atoms with Crippen molar-refractivity contribution in [2.75, 3.05) is 76.1 Å². The van der Waals surface area contributed by atoms with Crippen molar-refractivity contribution in [3.8, 4) is 28.7 Å². The molecule has 1 heterocycles. The average Bonchev–Trinajstić information content (AvgIpc) is 3.19. The maximum absolute atomic E-state index is 13.5. The lowest BCUT2D eigenvalue weighted by Crippen LogP contribution is -2.22. The predicted octanol–water partition coefficient (Wildman–Crippen LogP) is 8.11. The first kappa shape index (κ1) is 44.0. The molecule has 59 heavy (non-hydrogen) atoms. The number of ether oxygens (including phenoxy) is 7. The minimum absolute atomic E-state index is 0.0160. The number of sulfone groups is 1. The zero-order chi connectivity index (χ0) is 42.6. The second-order valence-electron chi connectivity index (χ2n) is 14.1. The highest BCUT2D eigenvalue weighted by molar-refractivity contribution is 7.90. The number of rotatable bonds is 19. The first-order chi connectivity index (χ1) is 28.2. The molecule has 0 spiro atoms. The number of fused-ring (bicyclic) bond motifs is 1. The van der Waals surface area contributed by atoms with Gasteiger partial charge in [0.2, 0.25) is 0 Å². The van der Waals surface area contributed by atoms with Gasteiger partial charge in [0.05, 0.1) is 52.0 Å². The number of nitrogens with one attached hydrogen (secondary N) is 3. The number of aromatic nitrogens is 1. The molecule has 2 amide bonds. The number of hydrogen-bond acceptors (Lipinski definition) is 13. The first-order valence-electron chi connectivity index (χ1n) is 18.7. The maximum atomic E-state index is 13.5. The van der Waals surface area contributed by atoms with Crippen molar-refractivity contribution < 1.29 is 51.2 Å². The van der Waals surface area contributed by atoms with Crippen LogP contribution < -0.4 is 34.9 Å². The molecule has 0 saturated carbocycles. The van der Waals surface area contributed by atoms with Crippen molar-refractivity contribution in [2.45, 2.75) is 38.0 Å². The van der Waals surface area contributed by atoms with E-state index in [2.05, 4.69) is 20.9 Å². The summed E-state index contributed by atoms with van der Waals surface area (Å²) in [5.41, 5.74) is 1.68. The highest BCUT2D eigenvalue weighted by Gasteiger charge is 2.25. The smallest absolute Gasteiger partial charge is 0.332 e. The molecule has 0 aliphatic heterocycles. The van der Waals surface area contributed by atoms with E-state index in [1.165, 1.54) is 7.11 Å². The van der Waals surface area contributed by atoms with Gasteiger partial charge in [0.1, 0.15) is 46.9 Å². The minimum atomic E-state index is -3.68. The van der Waals surface area contributed by atoms with Gasteiger partial charge < -0.3 is 49.1 Å². The summed E-state index contributed by atoms with van der Waals surface area (Å²) in [5, 5.41) is 10.4. The molecule has 16 heteroatoms. The molecule has 4 aromatic carbocycles. The monoisotopic (exact) mass is 830 g/mol. The molecule has 0 saturated heterocycles. The number of esters is 1. The molecule has 5 rings (SSSR count). The van der Waals surface area contributed by atoms with Crippen LogP contribution in [0.1, 0.15) is 33.3 Å². The lowest BCUT2D eigenvalue weighted by molar-refractivity contribution is -0.148. The summed E-state index contributed by atoms with van der Waals surface area (Å²) in [6.07, 6.45) is 2.72. The number of benzene rings is 4. The van der Waals surface area contributed by atoms with E-state index in [9.17, 15) is 18.0 Å². The third-order valence-corrected chi connectivity index (χ3v) is 9.75. The van der Waals surface area contributed by atoms with Gasteiger partial charge >= 0.3 is 12.0 Å². The molecular formula is C43H50N4O11S. The molecular weight excluding hydrogens is 781 g/mol. The highest BCUT2D eigenvalue weighted by atomic mass is 32.2. The fourth-order valence-corrected chi connectivity index (χ4v) is 6.69. The SMILES string of the molecule is CCOC(=O)COCCOCCOc1cc(Nc2cc(Oc3ccc(NC(=O)Nc4cc(C(C)(C)C)cc(S(C)(=O)=O)c4OC)c4ccccc34)ccn2)cc(OC)c1. The number of pyridine rings is 1. The molecule has 0 aliphatic rings. The first-order valence-corrected chi connectivity index (χ1v) is 20.6. The van der Waals surface area contributed by atoms with Gasteiger partial charge in [0.15, 0.2) is 15.6 Å². The van der Waals surface area contributed by atoms with Crippen molar-refractivity contribution in [3.63, 3.8) is 0 Å². The normalized spacial score (nSPS) is 11.4. The molecule has 0 aliphatic carbocycles. The molecule has 0 fully saturated rings. The van der Waals surface area contributed by atoms with Crippen LogP contribution >= 0.6 is 0 Å². The summed E-state index contributed by atoms with van der Waals surface area (Å²) in [6, 6.07) is 22.5. The van der Waals surface area contributed by atoms with Crippen molar-refractivity contribution >= 4 is 55.5 Å². The Labute approximate surface area is 344 Å². The highest BCUT2D eigenvalue weighted by Crippen LogP contribution is 2.39. The van der Waals surface area contributed by atoms with E-state index in [1.807, 2.05) is 45.0 Å². The Morgan fingerprint density at radius 1 is 0.763 bits per heavy atom. The summed E-state index contributed by atoms with van der Waals surface area (Å²) < 4.78 is 64.2. The van der Waals surface area contributed by atoms with Gasteiger partial charge in [-0.1, -0.05) is 45.0 Å². The lowest BCUT2D eigenvalue weighted by Gasteiger charge is -2.23. The number of nitrogens with zero attached hydrogens (tertiary/aromatic N) is 1. The van der Waals surface area contributed by atoms with Gasteiger partial charge in [-0.05, 0) is 48.2 Å². The van der Waals surface area contributed by atoms with Crippen LogP contribution in [0.2, 0.25) is 0 Å². The van der Waals surface area contributed by atoms with E-state index in [4.69, 9.17) is 33.2 Å². The number of urea groups is 1. The quantitative estimate of drug-likeness (QED) is 0.0537. The number of carbonyl (C=O) groups is 2. The van der Waals surface area contributed by atoms with E-state index >= 15 is 0 Å². The molecule has 314 valence electrons. The number of amides is 2. The van der Waals surface area contributed by atoms with Gasteiger partial charge in [-0.15, -0.1) is 0 Å². The van der Waals surface area contributed by atoms with E-state index in [-0.39, 0.29) is 36.2 Å². The lowest BCUT2D eigenvalue weighted by atomic mass is 9.86. The van der Waals surface area contributed by atoms with E-state index in [0.29, 0.717) is 71.0 Å². The van der Waals surface area contributed by atoms with Gasteiger partial charge in [-0.2, -0.15) is 0 Å². The fourth-order valence-electron chi connectivity index (χ4n) is 5.82. The number of carbonyl (C=O) groups excluding carboxylic acids is 2. The number of methoxy groups -OCH3 is 2. The molecule has 3 N–H and O–H groups in total. The van der Waals surface area contributed by atoms with E-state index < -0.39 is 27.3 Å². The van der Waals surface area contributed by atoms with Crippen LogP contribution in [0, 0.1) is 0 Å². The largest absolute Gasteiger partial charge is 0.497 e. The van der Waals surface area contributed by atoms with Crippen LogP contribution in [0.3, 0.4) is 0 Å². The van der Waals surface area contributed by atoms with Gasteiger partial charge in [-0.25, -0.2) is 23.0 Å². The topological polar surface area (TPSA) is 182 Å². The van der Waals surface area contributed by atoms with Crippen LogP contribution in [0.4, 0.5) is 27.7 Å². The van der Waals surface area contributed by atoms with Crippen LogP contribution in [0.5, 0.6) is 28.7 Å². The van der Waals surface area contributed by atoms with E-state index in [0.717, 1.165) is 11.6 Å². The molecule has 15 nitrogen and oxygen atoms in total. The third kappa shape index (κ3) is 12.4. The third-order valence-electron chi connectivity index (χ3n) is 8.65. The fraction of sp³-hybridized carbons (Fsp3) is 0.326. The molecule has 0 atom stereocenters. The Kier molecular flexibility index (Phi) is 15.0. The zero-order valence-corrected chi connectivity index (χ0v) is 35.0. The van der Waals surface area contributed by atoms with Crippen molar-refractivity contribution in [2.24, 2.45) is 0 Å². The van der Waals surface area contributed by atoms with Crippen molar-refractivity contribution in [3.05, 3.63) is 90.6 Å². The second-order valence-corrected chi connectivity index (χ2v) is 16.1. The van der Waals surface area contributed by atoms with Crippen molar-refractivity contribution in [1.82, 2.24) is 4.98 Å². The van der Waals surface area contributed by atoms with Gasteiger partial charge in [0.25, 0.3) is 0 Å². The van der Waals surface area contributed by atoms with E-state index in [1.54, 1.807) is 74.8 Å². The summed E-state index contributed by atoms with van der Waals surface area (Å²) in [5.74, 6) is 2.28. The summed E-state index contributed by atoms with van der Waals surface area (Å²) >= 11 is 0. The Balaban J connectivity index is 1.25. The molecule has 0 bridgehead atoms. The van der Waals surface area contributed by atoms with Crippen LogP contribution in [-0.2, 0) is 34.3 Å². The summed E-state index contributed by atoms with van der Waals surface area (Å²) in [6.45, 7) is 8.90. The van der Waals surface area contributed by atoms with Gasteiger partial charge in [0, 0.05) is 53.2 Å². The van der Waals surface area contributed by atoms with Crippen molar-refractivity contribution in [1.29, 1.82) is 0 Å². The Morgan fingerprint density at radius 3 is 2.19 bits per heavy atom. The molecule has 5 aromatic rings. The zero-order valence-electron chi connectivity index (χ0n) is 34.2. The van der Waals surface area contributed by atoms with Crippen LogP contribution in [-0.4, -0.2) is 85.5 Å². The Hall–Kier alpha value is -6.10. The maximum Gasteiger partial charge on any atom is 0.332 e. The summed E-state index contributed by atoms with van der Waals surface area (Å²) in [4.78, 5) is 29.3. The average molecular weight is 831 g/mol. The summed E-state index contributed by atoms with van der Waals surface area (Å²) in [7, 11) is -0.760. The predicted molar refractivity (Wildman–Crippen MR) is 226 cm³/mol. The Bertz CT molecular complexity index is 2360.